The fraction of sp³-hybridized carbons (Fsp3) is 0.167. The van der Waals surface area contributed by atoms with Crippen LogP contribution in [-0.2, 0) is 6.54 Å². The van der Waals surface area contributed by atoms with E-state index in [0.29, 0.717) is 0 Å². The van der Waals surface area contributed by atoms with E-state index in [-0.39, 0.29) is 17.9 Å². The molecule has 2 N–H and O–H groups in total. The summed E-state index contributed by atoms with van der Waals surface area (Å²) in [5, 5.41) is 14.9. The van der Waals surface area contributed by atoms with E-state index in [1.807, 2.05) is 23.6 Å². The predicted octanol–water partition coefficient (Wildman–Crippen LogP) is 4.72. The number of halogens is 3. The Balaban J connectivity index is 1.56. The van der Waals surface area contributed by atoms with Gasteiger partial charge in [-0.2, -0.15) is 0 Å². The number of hydrogen-bond acceptors (Lipinski definition) is 5. The van der Waals surface area contributed by atoms with Gasteiger partial charge in [-0.1, -0.05) is 6.07 Å². The lowest BCUT2D eigenvalue weighted by molar-refractivity contribution is -0.274. The molecule has 2 heterocycles. The summed E-state index contributed by atoms with van der Waals surface area (Å²) in [4.78, 5) is 14.6. The minimum Gasteiger partial charge on any atom is -0.406 e. The van der Waals surface area contributed by atoms with E-state index in [9.17, 15) is 23.1 Å². The summed E-state index contributed by atoms with van der Waals surface area (Å²) in [6.07, 6.45) is -5.46. The summed E-state index contributed by atoms with van der Waals surface area (Å²) in [6, 6.07) is 12.0. The highest BCUT2D eigenvalue weighted by Crippen LogP contribution is 2.31. The van der Waals surface area contributed by atoms with Crippen LogP contribution >= 0.6 is 22.7 Å². The number of thiophene rings is 2. The molecule has 0 aliphatic heterocycles. The van der Waals surface area contributed by atoms with E-state index in [1.165, 1.54) is 34.8 Å². The number of nitrogens with one attached hydrogen (secondary N) is 1. The van der Waals surface area contributed by atoms with Gasteiger partial charge >= 0.3 is 6.36 Å². The fourth-order valence-corrected chi connectivity index (χ4v) is 4.06. The highest BCUT2D eigenvalue weighted by molar-refractivity contribution is 7.12. The van der Waals surface area contributed by atoms with Crippen LogP contribution < -0.4 is 10.1 Å². The van der Waals surface area contributed by atoms with Crippen molar-refractivity contribution in [2.45, 2.75) is 19.0 Å². The molecule has 9 heteroatoms. The van der Waals surface area contributed by atoms with E-state index >= 15 is 0 Å². The van der Waals surface area contributed by atoms with Crippen LogP contribution in [0.2, 0.25) is 0 Å². The molecule has 27 heavy (non-hydrogen) atoms. The zero-order valence-electron chi connectivity index (χ0n) is 13.7. The van der Waals surface area contributed by atoms with Gasteiger partial charge in [-0.05, 0) is 47.8 Å². The van der Waals surface area contributed by atoms with E-state index in [2.05, 4.69) is 10.1 Å². The molecule has 1 amide bonds. The number of carbonyl (C=O) groups excluding carboxylic acids is 1. The van der Waals surface area contributed by atoms with Gasteiger partial charge in [0.2, 0.25) is 0 Å². The van der Waals surface area contributed by atoms with E-state index in [0.717, 1.165) is 26.8 Å². The van der Waals surface area contributed by atoms with Crippen molar-refractivity contribution in [2.24, 2.45) is 0 Å². The van der Waals surface area contributed by atoms with Crippen molar-refractivity contribution < 1.29 is 27.8 Å². The minimum atomic E-state index is -4.77. The average Bonchev–Trinajstić information content (AvgIpc) is 3.30. The smallest absolute Gasteiger partial charge is 0.406 e. The number of rotatable bonds is 6. The SMILES string of the molecule is O=C(NCc1ccc([C@@H](O)c2cccs2)s1)c1ccc(OC(F)(F)F)cc1. The monoisotopic (exact) mass is 413 g/mol. The van der Waals surface area contributed by atoms with Crippen molar-refractivity contribution in [3.63, 3.8) is 0 Å². The van der Waals surface area contributed by atoms with Crippen molar-refractivity contribution in [1.82, 2.24) is 5.32 Å². The molecule has 1 atom stereocenters. The molecular formula is C18H14F3NO3S2. The third kappa shape index (κ3) is 5.31. The van der Waals surface area contributed by atoms with Crippen LogP contribution in [-0.4, -0.2) is 17.4 Å². The molecule has 0 bridgehead atoms. The summed E-state index contributed by atoms with van der Waals surface area (Å²) in [5.74, 6) is -0.799. The van der Waals surface area contributed by atoms with Gasteiger partial charge in [-0.15, -0.1) is 35.8 Å². The first kappa shape index (κ1) is 19.4. The van der Waals surface area contributed by atoms with Gasteiger partial charge in [0.1, 0.15) is 11.9 Å². The largest absolute Gasteiger partial charge is 0.573 e. The maximum atomic E-state index is 12.1. The van der Waals surface area contributed by atoms with Gasteiger partial charge in [-0.25, -0.2) is 0 Å². The van der Waals surface area contributed by atoms with Crippen molar-refractivity contribution in [3.05, 3.63) is 74.1 Å². The van der Waals surface area contributed by atoms with Gasteiger partial charge in [0, 0.05) is 20.2 Å². The Morgan fingerprint density at radius 2 is 1.85 bits per heavy atom. The van der Waals surface area contributed by atoms with Gasteiger partial charge in [0.25, 0.3) is 5.91 Å². The summed E-state index contributed by atoms with van der Waals surface area (Å²) in [5.41, 5.74) is 0.222. The summed E-state index contributed by atoms with van der Waals surface area (Å²) in [7, 11) is 0. The summed E-state index contributed by atoms with van der Waals surface area (Å²) < 4.78 is 40.2. The number of ether oxygens (including phenoxy) is 1. The Hall–Kier alpha value is -2.36. The first-order chi connectivity index (χ1) is 12.8. The highest BCUT2D eigenvalue weighted by atomic mass is 32.1. The molecule has 0 saturated carbocycles. The third-order valence-electron chi connectivity index (χ3n) is 3.54. The van der Waals surface area contributed by atoms with Gasteiger partial charge in [0.05, 0.1) is 6.54 Å². The van der Waals surface area contributed by atoms with Crippen LogP contribution in [0.3, 0.4) is 0 Å². The Kier molecular flexibility index (Phi) is 5.83. The zero-order valence-corrected chi connectivity index (χ0v) is 15.3. The standard InChI is InChI=1S/C18H14F3NO3S2/c19-18(20,21)25-12-5-3-11(4-6-12)17(24)22-10-13-7-8-15(27-13)16(23)14-2-1-9-26-14/h1-9,16,23H,10H2,(H,22,24)/t16-/m0/s1. The molecule has 0 radical (unpaired) electrons. The Labute approximate surface area is 160 Å². The van der Waals surface area contributed by atoms with Crippen molar-refractivity contribution in [2.75, 3.05) is 0 Å². The van der Waals surface area contributed by atoms with E-state index in [1.54, 1.807) is 6.07 Å². The van der Waals surface area contributed by atoms with Crippen molar-refractivity contribution >= 4 is 28.6 Å². The molecule has 0 aliphatic rings. The molecule has 0 fully saturated rings. The predicted molar refractivity (Wildman–Crippen MR) is 97.0 cm³/mol. The number of amides is 1. The lowest BCUT2D eigenvalue weighted by Gasteiger charge is -2.09. The Morgan fingerprint density at radius 3 is 2.48 bits per heavy atom. The van der Waals surface area contributed by atoms with Crippen LogP contribution in [0, 0.1) is 0 Å². The molecule has 1 aromatic carbocycles. The Bertz CT molecular complexity index is 889. The van der Waals surface area contributed by atoms with Crippen LogP contribution in [0.1, 0.15) is 31.1 Å². The van der Waals surface area contributed by atoms with Gasteiger partial charge in [0.15, 0.2) is 0 Å². The highest BCUT2D eigenvalue weighted by Gasteiger charge is 2.31. The lowest BCUT2D eigenvalue weighted by atomic mass is 10.2. The minimum absolute atomic E-state index is 0.222. The van der Waals surface area contributed by atoms with Gasteiger partial charge < -0.3 is 15.2 Å². The van der Waals surface area contributed by atoms with Gasteiger partial charge in [-0.3, -0.25) is 4.79 Å². The van der Waals surface area contributed by atoms with E-state index < -0.39 is 18.4 Å². The fourth-order valence-electron chi connectivity index (χ4n) is 2.30. The normalized spacial score (nSPS) is 12.6. The molecule has 2 aromatic heterocycles. The number of alkyl halides is 3. The van der Waals surface area contributed by atoms with Crippen LogP contribution in [0.4, 0.5) is 13.2 Å². The first-order valence-electron chi connectivity index (χ1n) is 7.76. The molecule has 0 spiro atoms. The molecule has 0 unspecified atom stereocenters. The number of benzene rings is 1. The number of hydrogen-bond donors (Lipinski definition) is 2. The number of carbonyl (C=O) groups is 1. The van der Waals surface area contributed by atoms with Crippen molar-refractivity contribution in [1.29, 1.82) is 0 Å². The average molecular weight is 413 g/mol. The molecule has 4 nitrogen and oxygen atoms in total. The van der Waals surface area contributed by atoms with Crippen LogP contribution in [0.5, 0.6) is 5.75 Å². The molecule has 142 valence electrons. The van der Waals surface area contributed by atoms with E-state index in [4.69, 9.17) is 0 Å². The lowest BCUT2D eigenvalue weighted by Crippen LogP contribution is -2.22. The summed E-state index contributed by atoms with van der Waals surface area (Å²) >= 11 is 2.84. The second-order valence-electron chi connectivity index (χ2n) is 5.48. The third-order valence-corrected chi connectivity index (χ3v) is 5.60. The molecule has 3 aromatic rings. The maximum absolute atomic E-state index is 12.1. The zero-order chi connectivity index (χ0) is 19.4. The molecule has 0 aliphatic carbocycles. The van der Waals surface area contributed by atoms with Crippen LogP contribution in [0.25, 0.3) is 0 Å². The second kappa shape index (κ2) is 8.12. The molecule has 0 saturated heterocycles. The number of aliphatic hydroxyl groups is 1. The number of aliphatic hydroxyl groups excluding tert-OH is 1. The topological polar surface area (TPSA) is 58.6 Å². The maximum Gasteiger partial charge on any atom is 0.573 e. The quantitative estimate of drug-likeness (QED) is 0.615. The molecular weight excluding hydrogens is 399 g/mol. The molecule has 3 rings (SSSR count). The Morgan fingerprint density at radius 1 is 1.11 bits per heavy atom. The van der Waals surface area contributed by atoms with Crippen molar-refractivity contribution in [3.8, 4) is 5.75 Å². The second-order valence-corrected chi connectivity index (χ2v) is 7.66. The van der Waals surface area contributed by atoms with Crippen LogP contribution in [0.15, 0.2) is 53.9 Å². The summed E-state index contributed by atoms with van der Waals surface area (Å²) in [6.45, 7) is 0.251. The first-order valence-corrected chi connectivity index (χ1v) is 9.45.